The number of carboxylic acids is 1. The molecule has 5 rings (SSSR count). The lowest BCUT2D eigenvalue weighted by atomic mass is 9.86. The van der Waals surface area contributed by atoms with Crippen LogP contribution < -0.4 is 9.47 Å². The van der Waals surface area contributed by atoms with Crippen molar-refractivity contribution in [1.82, 2.24) is 10.1 Å². The summed E-state index contributed by atoms with van der Waals surface area (Å²) in [5, 5.41) is 14.5. The van der Waals surface area contributed by atoms with Crippen LogP contribution in [-0.4, -0.2) is 67.2 Å². The van der Waals surface area contributed by atoms with Crippen LogP contribution in [0, 0.1) is 23.7 Å². The first-order valence-electron chi connectivity index (χ1n) is 12.3. The molecule has 1 aromatic carbocycles. The molecule has 1 saturated carbocycles. The molecule has 3 aliphatic rings. The van der Waals surface area contributed by atoms with Gasteiger partial charge in [-0.1, -0.05) is 12.5 Å². The molecule has 0 bridgehead atoms. The van der Waals surface area contributed by atoms with Crippen molar-refractivity contribution in [3.63, 3.8) is 0 Å². The van der Waals surface area contributed by atoms with E-state index in [1.165, 1.54) is 19.3 Å². The maximum absolute atomic E-state index is 11.6. The average molecular weight is 459 g/mol. The second-order valence-electron chi connectivity index (χ2n) is 9.85. The summed E-state index contributed by atoms with van der Waals surface area (Å²) < 4.78 is 23.2. The van der Waals surface area contributed by atoms with Gasteiger partial charge in [0.15, 0.2) is 5.58 Å². The van der Waals surface area contributed by atoms with Crippen LogP contribution >= 0.6 is 0 Å². The van der Waals surface area contributed by atoms with Gasteiger partial charge in [0.2, 0.25) is 0 Å². The third kappa shape index (κ3) is 5.27. The van der Waals surface area contributed by atoms with E-state index in [9.17, 15) is 9.90 Å². The van der Waals surface area contributed by atoms with E-state index in [1.54, 1.807) is 0 Å². The molecule has 3 heterocycles. The quantitative estimate of drug-likeness (QED) is 0.606. The molecule has 2 aliphatic heterocycles. The fourth-order valence-electron chi connectivity index (χ4n) is 5.19. The molecule has 1 N–H and O–H groups in total. The van der Waals surface area contributed by atoms with Crippen molar-refractivity contribution in [2.75, 3.05) is 46.1 Å². The van der Waals surface area contributed by atoms with Crippen molar-refractivity contribution in [3.05, 3.63) is 18.2 Å². The highest BCUT2D eigenvalue weighted by Crippen LogP contribution is 2.36. The first-order valence-corrected chi connectivity index (χ1v) is 12.3. The molecule has 2 unspecified atom stereocenters. The maximum atomic E-state index is 11.6. The Bertz CT molecular complexity index is 934. The Morgan fingerprint density at radius 3 is 2.64 bits per heavy atom. The predicted molar refractivity (Wildman–Crippen MR) is 122 cm³/mol. The number of rotatable bonds is 9. The normalized spacial score (nSPS) is 25.1. The van der Waals surface area contributed by atoms with E-state index in [2.05, 4.69) is 10.1 Å². The molecular formula is C25H34N2O6. The van der Waals surface area contributed by atoms with Crippen LogP contribution in [0.5, 0.6) is 11.6 Å². The maximum Gasteiger partial charge on any atom is 0.307 e. The van der Waals surface area contributed by atoms with Crippen molar-refractivity contribution < 1.29 is 28.6 Å². The van der Waals surface area contributed by atoms with Gasteiger partial charge in [0.25, 0.3) is 5.88 Å². The highest BCUT2D eigenvalue weighted by atomic mass is 16.5. The van der Waals surface area contributed by atoms with Gasteiger partial charge in [-0.15, -0.1) is 0 Å². The lowest BCUT2D eigenvalue weighted by molar-refractivity contribution is -0.149. The van der Waals surface area contributed by atoms with Crippen LogP contribution in [0.4, 0.5) is 0 Å². The van der Waals surface area contributed by atoms with Crippen LogP contribution in [0.1, 0.15) is 38.5 Å². The van der Waals surface area contributed by atoms with Crippen LogP contribution in [0.15, 0.2) is 22.7 Å². The Balaban J connectivity index is 1.12. The van der Waals surface area contributed by atoms with Crippen molar-refractivity contribution in [3.8, 4) is 11.6 Å². The fourth-order valence-corrected chi connectivity index (χ4v) is 5.19. The Labute approximate surface area is 194 Å². The molecule has 8 heteroatoms. The lowest BCUT2D eigenvalue weighted by Gasteiger charge is -2.37. The van der Waals surface area contributed by atoms with Crippen LogP contribution in [0.25, 0.3) is 11.0 Å². The van der Waals surface area contributed by atoms with E-state index in [4.69, 9.17) is 18.7 Å². The molecule has 8 nitrogen and oxygen atoms in total. The summed E-state index contributed by atoms with van der Waals surface area (Å²) in [5.41, 5.74) is 0.689. The zero-order valence-electron chi connectivity index (χ0n) is 19.1. The van der Waals surface area contributed by atoms with E-state index >= 15 is 0 Å². The summed E-state index contributed by atoms with van der Waals surface area (Å²) >= 11 is 0. The Hall–Kier alpha value is -2.32. The molecule has 0 spiro atoms. The molecule has 3 fully saturated rings. The number of fused-ring (bicyclic) bond motifs is 1. The second-order valence-corrected chi connectivity index (χ2v) is 9.85. The Kier molecular flexibility index (Phi) is 7.02. The molecule has 0 radical (unpaired) electrons. The number of carboxylic acid groups (broad SMARTS) is 1. The first-order chi connectivity index (χ1) is 16.2. The summed E-state index contributed by atoms with van der Waals surface area (Å²) in [5.74, 6) is 1.48. The van der Waals surface area contributed by atoms with Gasteiger partial charge in [-0.25, -0.2) is 0 Å². The number of aromatic nitrogens is 1. The van der Waals surface area contributed by atoms with Gasteiger partial charge in [-0.05, 0) is 74.3 Å². The summed E-state index contributed by atoms with van der Waals surface area (Å²) in [7, 11) is 0. The minimum atomic E-state index is -0.692. The van der Waals surface area contributed by atoms with Crippen LogP contribution in [0.3, 0.4) is 0 Å². The van der Waals surface area contributed by atoms with Crippen molar-refractivity contribution in [2.45, 2.75) is 38.5 Å². The predicted octanol–water partition coefficient (Wildman–Crippen LogP) is 3.83. The zero-order chi connectivity index (χ0) is 22.6. The van der Waals surface area contributed by atoms with Gasteiger partial charge in [0.05, 0.1) is 25.7 Å². The Morgan fingerprint density at radius 1 is 1.09 bits per heavy atom. The van der Waals surface area contributed by atoms with Gasteiger partial charge in [-0.2, -0.15) is 0 Å². The number of aliphatic carboxylic acids is 1. The lowest BCUT2D eigenvalue weighted by Crippen LogP contribution is -2.44. The van der Waals surface area contributed by atoms with Gasteiger partial charge in [0.1, 0.15) is 11.1 Å². The van der Waals surface area contributed by atoms with Crippen molar-refractivity contribution in [2.24, 2.45) is 23.7 Å². The molecule has 1 aliphatic carbocycles. The number of nitrogens with zero attached hydrogens (tertiary/aromatic N) is 2. The topological polar surface area (TPSA) is 94.3 Å². The van der Waals surface area contributed by atoms with Crippen LogP contribution in [-0.2, 0) is 9.53 Å². The summed E-state index contributed by atoms with van der Waals surface area (Å²) in [6, 6.07) is 5.78. The largest absolute Gasteiger partial charge is 0.492 e. The third-order valence-corrected chi connectivity index (χ3v) is 7.58. The molecular weight excluding hydrogens is 424 g/mol. The van der Waals surface area contributed by atoms with E-state index in [-0.39, 0.29) is 11.8 Å². The van der Waals surface area contributed by atoms with Crippen LogP contribution in [0.2, 0.25) is 0 Å². The third-order valence-electron chi connectivity index (χ3n) is 7.58. The molecule has 0 amide bonds. The summed E-state index contributed by atoms with van der Waals surface area (Å²) in [6.07, 6.45) is 6.44. The molecule has 2 aromatic rings. The fraction of sp³-hybridized carbons (Fsp3) is 0.680. The number of hydrogen-bond donors (Lipinski definition) is 1. The van der Waals surface area contributed by atoms with E-state index in [1.807, 2.05) is 18.2 Å². The van der Waals surface area contributed by atoms with E-state index < -0.39 is 5.97 Å². The molecule has 2 atom stereocenters. The summed E-state index contributed by atoms with van der Waals surface area (Å²) in [6.45, 7) is 5.12. The zero-order valence-corrected chi connectivity index (χ0v) is 19.1. The monoisotopic (exact) mass is 458 g/mol. The number of likely N-dealkylation sites (tertiary alicyclic amines) is 1. The highest BCUT2D eigenvalue weighted by molar-refractivity contribution is 5.88. The number of ether oxygens (including phenoxy) is 3. The van der Waals surface area contributed by atoms with Gasteiger partial charge >= 0.3 is 5.97 Å². The molecule has 2 saturated heterocycles. The molecule has 1 aromatic heterocycles. The average Bonchev–Trinajstić information content (AvgIpc) is 3.22. The smallest absolute Gasteiger partial charge is 0.307 e. The van der Waals surface area contributed by atoms with Crippen molar-refractivity contribution >= 4 is 16.9 Å². The van der Waals surface area contributed by atoms with Gasteiger partial charge in [0, 0.05) is 19.1 Å². The van der Waals surface area contributed by atoms with Gasteiger partial charge in [-0.3, -0.25) is 4.79 Å². The van der Waals surface area contributed by atoms with Gasteiger partial charge < -0.3 is 28.7 Å². The first kappa shape index (κ1) is 22.5. The SMILES string of the molecule is O=C(O)C1CCOCC1CN1CCC(COc2noc3cccc(OCC4CCC4)c23)CC1. The number of benzene rings is 1. The second kappa shape index (κ2) is 10.3. The minimum absolute atomic E-state index is 0.0731. The minimum Gasteiger partial charge on any atom is -0.492 e. The highest BCUT2D eigenvalue weighted by Gasteiger charge is 2.33. The molecule has 180 valence electrons. The van der Waals surface area contributed by atoms with Crippen molar-refractivity contribution in [1.29, 1.82) is 0 Å². The van der Waals surface area contributed by atoms with E-state index in [0.717, 1.165) is 50.2 Å². The summed E-state index contributed by atoms with van der Waals surface area (Å²) in [4.78, 5) is 13.9. The standard InChI is InChI=1S/C25H34N2O6/c28-25(29)20-9-12-30-16-19(20)13-27-10-7-18(8-11-27)15-32-24-23-21(31-14-17-3-1-4-17)5-2-6-22(23)33-26-24/h2,5-6,17-20H,1,3-4,7-16H2,(H,28,29). The molecule has 33 heavy (non-hydrogen) atoms. The van der Waals surface area contributed by atoms with E-state index in [0.29, 0.717) is 49.5 Å². The Morgan fingerprint density at radius 2 is 1.88 bits per heavy atom. The number of carbonyl (C=O) groups is 1. The number of piperidine rings is 1. The number of hydrogen-bond acceptors (Lipinski definition) is 7.